The number of ether oxygens (including phenoxy) is 1. The fraction of sp³-hybridized carbons (Fsp3) is 0.389. The number of carbonyl (C=O) groups excluding carboxylic acids is 2. The molecule has 0 aliphatic heterocycles. The number of esters is 1. The zero-order valence-corrected chi connectivity index (χ0v) is 15.2. The number of methoxy groups -OCH3 is 1. The van der Waals surface area contributed by atoms with E-state index in [9.17, 15) is 14.4 Å². The lowest BCUT2D eigenvalue weighted by molar-refractivity contribution is -0.145. The van der Waals surface area contributed by atoms with Gasteiger partial charge in [0.15, 0.2) is 0 Å². The van der Waals surface area contributed by atoms with E-state index in [0.29, 0.717) is 19.4 Å². The number of thiazole rings is 1. The average Bonchev–Trinajstić information content (AvgIpc) is 2.93. The Morgan fingerprint density at radius 2 is 2.00 bits per heavy atom. The minimum absolute atomic E-state index is 0.0191. The van der Waals surface area contributed by atoms with E-state index < -0.39 is 12.0 Å². The SMILES string of the molecule is COC(=O)[C@@H](Cc1ccccc1)NC(=O)CCCn1c(C)csc1=O. The first-order valence-corrected chi connectivity index (χ1v) is 8.95. The van der Waals surface area contributed by atoms with Crippen LogP contribution in [-0.4, -0.2) is 29.6 Å². The third kappa shape index (κ3) is 5.56. The molecule has 1 N–H and O–H groups in total. The summed E-state index contributed by atoms with van der Waals surface area (Å²) in [4.78, 5) is 35.7. The number of benzene rings is 1. The molecule has 1 amide bonds. The Bertz CT molecular complexity index is 767. The molecule has 0 bridgehead atoms. The molecule has 0 fully saturated rings. The summed E-state index contributed by atoms with van der Waals surface area (Å²) >= 11 is 1.15. The van der Waals surface area contributed by atoms with Gasteiger partial charge in [-0.1, -0.05) is 41.7 Å². The van der Waals surface area contributed by atoms with Crippen molar-refractivity contribution < 1.29 is 14.3 Å². The highest BCUT2D eigenvalue weighted by Crippen LogP contribution is 2.06. The Hall–Kier alpha value is -2.41. The number of nitrogens with one attached hydrogen (secondary N) is 1. The van der Waals surface area contributed by atoms with E-state index in [0.717, 1.165) is 22.6 Å². The van der Waals surface area contributed by atoms with Crippen molar-refractivity contribution in [2.24, 2.45) is 0 Å². The monoisotopic (exact) mass is 362 g/mol. The van der Waals surface area contributed by atoms with Gasteiger partial charge in [-0.2, -0.15) is 0 Å². The molecule has 0 radical (unpaired) electrons. The normalized spacial score (nSPS) is 11.8. The summed E-state index contributed by atoms with van der Waals surface area (Å²) in [5.41, 5.74) is 1.84. The van der Waals surface area contributed by atoms with Crippen LogP contribution in [0.3, 0.4) is 0 Å². The predicted octanol–water partition coefficient (Wildman–Crippen LogP) is 1.90. The minimum atomic E-state index is -0.717. The van der Waals surface area contributed by atoms with Gasteiger partial charge < -0.3 is 14.6 Å². The van der Waals surface area contributed by atoms with E-state index >= 15 is 0 Å². The van der Waals surface area contributed by atoms with Crippen molar-refractivity contribution >= 4 is 23.2 Å². The molecular weight excluding hydrogens is 340 g/mol. The molecule has 1 aromatic carbocycles. The standard InChI is InChI=1S/C18H22N2O4S/c1-13-12-25-18(23)20(13)10-6-9-16(21)19-15(17(22)24-2)11-14-7-4-3-5-8-14/h3-5,7-8,12,15H,6,9-11H2,1-2H3,(H,19,21)/t15-/m1/s1. The molecule has 0 saturated heterocycles. The molecule has 6 nitrogen and oxygen atoms in total. The molecule has 1 atom stereocenters. The summed E-state index contributed by atoms with van der Waals surface area (Å²) in [6.07, 6.45) is 1.15. The second-order valence-corrected chi connectivity index (χ2v) is 6.55. The molecule has 1 heterocycles. The van der Waals surface area contributed by atoms with Crippen molar-refractivity contribution in [3.63, 3.8) is 0 Å². The van der Waals surface area contributed by atoms with Crippen LogP contribution in [0, 0.1) is 6.92 Å². The van der Waals surface area contributed by atoms with Crippen LogP contribution in [0.4, 0.5) is 0 Å². The fourth-order valence-electron chi connectivity index (χ4n) is 2.52. The number of rotatable bonds is 8. The van der Waals surface area contributed by atoms with Crippen LogP contribution >= 0.6 is 11.3 Å². The molecule has 7 heteroatoms. The van der Waals surface area contributed by atoms with Crippen LogP contribution in [0.15, 0.2) is 40.5 Å². The zero-order chi connectivity index (χ0) is 18.2. The summed E-state index contributed by atoms with van der Waals surface area (Å²) in [7, 11) is 1.30. The summed E-state index contributed by atoms with van der Waals surface area (Å²) in [5, 5.41) is 4.53. The van der Waals surface area contributed by atoms with Crippen molar-refractivity contribution in [1.82, 2.24) is 9.88 Å². The molecule has 0 unspecified atom stereocenters. The molecule has 0 aliphatic carbocycles. The lowest BCUT2D eigenvalue weighted by Gasteiger charge is -2.16. The molecule has 0 saturated carbocycles. The second-order valence-electron chi connectivity index (χ2n) is 5.73. The van der Waals surface area contributed by atoms with Crippen LogP contribution < -0.4 is 10.2 Å². The van der Waals surface area contributed by atoms with Crippen LogP contribution in [0.5, 0.6) is 0 Å². The maximum absolute atomic E-state index is 12.2. The molecule has 1 aromatic heterocycles. The van der Waals surface area contributed by atoms with E-state index in [1.54, 1.807) is 9.95 Å². The van der Waals surface area contributed by atoms with Crippen LogP contribution in [0.25, 0.3) is 0 Å². The van der Waals surface area contributed by atoms with Gasteiger partial charge >= 0.3 is 10.8 Å². The molecule has 2 aromatic rings. The smallest absolute Gasteiger partial charge is 0.328 e. The van der Waals surface area contributed by atoms with E-state index in [1.165, 1.54) is 7.11 Å². The lowest BCUT2D eigenvalue weighted by Crippen LogP contribution is -2.43. The molecular formula is C18H22N2O4S. The quantitative estimate of drug-likeness (QED) is 0.728. The molecule has 0 spiro atoms. The molecule has 2 rings (SSSR count). The minimum Gasteiger partial charge on any atom is -0.467 e. The Labute approximate surface area is 150 Å². The van der Waals surface area contributed by atoms with E-state index in [1.807, 2.05) is 37.3 Å². The molecule has 134 valence electrons. The van der Waals surface area contributed by atoms with E-state index in [2.05, 4.69) is 5.32 Å². The number of hydrogen-bond acceptors (Lipinski definition) is 5. The maximum atomic E-state index is 12.2. The third-order valence-electron chi connectivity index (χ3n) is 3.87. The fourth-order valence-corrected chi connectivity index (χ4v) is 3.29. The van der Waals surface area contributed by atoms with Gasteiger partial charge in [-0.15, -0.1) is 0 Å². The van der Waals surface area contributed by atoms with Crippen molar-refractivity contribution in [1.29, 1.82) is 0 Å². The van der Waals surface area contributed by atoms with Crippen molar-refractivity contribution in [3.8, 4) is 0 Å². The number of aromatic nitrogens is 1. The summed E-state index contributed by atoms with van der Waals surface area (Å²) in [6.45, 7) is 2.36. The van der Waals surface area contributed by atoms with Gasteiger partial charge in [-0.25, -0.2) is 4.79 Å². The van der Waals surface area contributed by atoms with Gasteiger partial charge in [0.2, 0.25) is 5.91 Å². The number of amides is 1. The predicted molar refractivity (Wildman–Crippen MR) is 96.6 cm³/mol. The zero-order valence-electron chi connectivity index (χ0n) is 14.4. The summed E-state index contributed by atoms with van der Waals surface area (Å²) < 4.78 is 6.44. The van der Waals surface area contributed by atoms with Gasteiger partial charge in [-0.3, -0.25) is 9.59 Å². The largest absolute Gasteiger partial charge is 0.467 e. The summed E-state index contributed by atoms with van der Waals surface area (Å²) in [6, 6.07) is 8.73. The number of hydrogen-bond donors (Lipinski definition) is 1. The highest BCUT2D eigenvalue weighted by molar-refractivity contribution is 7.07. The number of aryl methyl sites for hydroxylation is 1. The Kier molecular flexibility index (Phi) is 6.94. The first kappa shape index (κ1) is 18.9. The molecule has 25 heavy (non-hydrogen) atoms. The Balaban J connectivity index is 1.88. The van der Waals surface area contributed by atoms with Crippen LogP contribution in [0.2, 0.25) is 0 Å². The topological polar surface area (TPSA) is 77.4 Å². The van der Waals surface area contributed by atoms with Gasteiger partial charge in [-0.05, 0) is 18.9 Å². The highest BCUT2D eigenvalue weighted by Gasteiger charge is 2.21. The van der Waals surface area contributed by atoms with Gasteiger partial charge in [0.25, 0.3) is 0 Å². The van der Waals surface area contributed by atoms with E-state index in [-0.39, 0.29) is 17.2 Å². The van der Waals surface area contributed by atoms with E-state index in [4.69, 9.17) is 4.74 Å². The third-order valence-corrected chi connectivity index (χ3v) is 4.75. The Morgan fingerprint density at radius 3 is 2.60 bits per heavy atom. The first-order chi connectivity index (χ1) is 12.0. The maximum Gasteiger partial charge on any atom is 0.328 e. The van der Waals surface area contributed by atoms with Crippen LogP contribution in [-0.2, 0) is 27.3 Å². The number of carbonyl (C=O) groups is 2. The highest BCUT2D eigenvalue weighted by atomic mass is 32.1. The van der Waals surface area contributed by atoms with Crippen molar-refractivity contribution in [2.45, 2.75) is 38.8 Å². The Morgan fingerprint density at radius 1 is 1.28 bits per heavy atom. The first-order valence-electron chi connectivity index (χ1n) is 8.07. The van der Waals surface area contributed by atoms with Gasteiger partial charge in [0.1, 0.15) is 6.04 Å². The molecule has 0 aliphatic rings. The summed E-state index contributed by atoms with van der Waals surface area (Å²) in [5.74, 6) is -0.700. The van der Waals surface area contributed by atoms with Gasteiger partial charge in [0.05, 0.1) is 7.11 Å². The van der Waals surface area contributed by atoms with Crippen LogP contribution in [0.1, 0.15) is 24.1 Å². The number of nitrogens with zero attached hydrogens (tertiary/aromatic N) is 1. The second kappa shape index (κ2) is 9.17. The van der Waals surface area contributed by atoms with Gasteiger partial charge in [0, 0.05) is 30.5 Å². The lowest BCUT2D eigenvalue weighted by atomic mass is 10.1. The van der Waals surface area contributed by atoms with Crippen molar-refractivity contribution in [3.05, 3.63) is 56.6 Å². The average molecular weight is 362 g/mol. The van der Waals surface area contributed by atoms with Crippen molar-refractivity contribution in [2.75, 3.05) is 7.11 Å².